The Morgan fingerprint density at radius 2 is 1.86 bits per heavy atom. The van der Waals surface area contributed by atoms with E-state index in [1.165, 1.54) is 5.56 Å². The van der Waals surface area contributed by atoms with Gasteiger partial charge in [-0.15, -0.1) is 0 Å². The van der Waals surface area contributed by atoms with Crippen molar-refractivity contribution < 1.29 is 14.3 Å². The smallest absolute Gasteiger partial charge is 0.313 e. The van der Waals surface area contributed by atoms with Gasteiger partial charge in [0.25, 0.3) is 0 Å². The second kappa shape index (κ2) is 6.88. The molecule has 0 radical (unpaired) electrons. The third kappa shape index (κ3) is 4.69. The van der Waals surface area contributed by atoms with E-state index in [-0.39, 0.29) is 18.2 Å². The number of ketones is 1. The number of Topliss-reactive ketones (excluding diaryl/α,β-unsaturated/α-hetero) is 1. The summed E-state index contributed by atoms with van der Waals surface area (Å²) in [5.74, 6) is 0.195. The third-order valence-electron chi connectivity index (χ3n) is 4.08. The molecule has 1 aliphatic rings. The van der Waals surface area contributed by atoms with Gasteiger partial charge in [0.05, 0.1) is 0 Å². The molecule has 0 amide bonds. The van der Waals surface area contributed by atoms with Crippen LogP contribution in [0.25, 0.3) is 0 Å². The molecule has 2 rings (SSSR count). The predicted octanol–water partition coefficient (Wildman–Crippen LogP) is 3.70. The Morgan fingerprint density at radius 1 is 1.14 bits per heavy atom. The fourth-order valence-electron chi connectivity index (χ4n) is 2.87. The van der Waals surface area contributed by atoms with E-state index in [9.17, 15) is 9.59 Å². The van der Waals surface area contributed by atoms with Crippen LogP contribution in [0.5, 0.6) is 0 Å². The Morgan fingerprint density at radius 3 is 2.48 bits per heavy atom. The lowest BCUT2D eigenvalue weighted by Gasteiger charge is -2.36. The van der Waals surface area contributed by atoms with Gasteiger partial charge in [-0.3, -0.25) is 9.59 Å². The lowest BCUT2D eigenvalue weighted by Crippen LogP contribution is -2.43. The molecule has 0 spiro atoms. The predicted molar refractivity (Wildman–Crippen MR) is 81.9 cm³/mol. The topological polar surface area (TPSA) is 43.4 Å². The monoisotopic (exact) mass is 288 g/mol. The molecule has 0 bridgehead atoms. The molecule has 1 saturated heterocycles. The fraction of sp³-hybridized carbons (Fsp3) is 0.556. The highest BCUT2D eigenvalue weighted by molar-refractivity contribution is 5.98. The Balaban J connectivity index is 2.07. The summed E-state index contributed by atoms with van der Waals surface area (Å²) in [5.41, 5.74) is 0.627. The van der Waals surface area contributed by atoms with Crippen molar-refractivity contribution >= 4 is 11.8 Å². The molecule has 1 aromatic carbocycles. The lowest BCUT2D eigenvalue weighted by atomic mass is 9.82. The normalized spacial score (nSPS) is 22.4. The van der Waals surface area contributed by atoms with E-state index < -0.39 is 5.60 Å². The number of hydrogen-bond acceptors (Lipinski definition) is 3. The van der Waals surface area contributed by atoms with Crippen LogP contribution < -0.4 is 0 Å². The maximum absolute atomic E-state index is 11.8. The van der Waals surface area contributed by atoms with E-state index >= 15 is 0 Å². The fourth-order valence-corrected chi connectivity index (χ4v) is 2.87. The van der Waals surface area contributed by atoms with E-state index in [1.54, 1.807) is 0 Å². The number of rotatable bonds is 6. The standard InChI is InChI=1S/C18H24O3/c1-14(2)8-10-18(13-16(19)12-17(20)21-18)11-9-15-6-4-3-5-7-15/h3-7,14H,8-13H2,1-2H3. The van der Waals surface area contributed by atoms with Gasteiger partial charge in [0.2, 0.25) is 0 Å². The van der Waals surface area contributed by atoms with Crippen molar-refractivity contribution in [2.24, 2.45) is 5.92 Å². The van der Waals surface area contributed by atoms with Crippen LogP contribution in [-0.2, 0) is 20.7 Å². The van der Waals surface area contributed by atoms with Gasteiger partial charge in [-0.05, 0) is 37.2 Å². The van der Waals surface area contributed by atoms with Crippen molar-refractivity contribution in [3.8, 4) is 0 Å². The molecular weight excluding hydrogens is 264 g/mol. The van der Waals surface area contributed by atoms with Crippen LogP contribution in [0.15, 0.2) is 30.3 Å². The molecule has 1 unspecified atom stereocenters. The van der Waals surface area contributed by atoms with Gasteiger partial charge in [-0.25, -0.2) is 0 Å². The SMILES string of the molecule is CC(C)CCC1(CCc2ccccc2)CC(=O)CC(=O)O1. The van der Waals surface area contributed by atoms with E-state index in [0.717, 1.165) is 25.7 Å². The van der Waals surface area contributed by atoms with Crippen LogP contribution in [0.1, 0.15) is 51.5 Å². The molecule has 0 aromatic heterocycles. The number of benzene rings is 1. The summed E-state index contributed by atoms with van der Waals surface area (Å²) in [6.07, 6.45) is 3.61. The summed E-state index contributed by atoms with van der Waals surface area (Å²) in [6.45, 7) is 4.30. The number of cyclic esters (lactones) is 1. The zero-order valence-corrected chi connectivity index (χ0v) is 12.9. The Labute approximate surface area is 126 Å². The number of carbonyl (C=O) groups excluding carboxylic acids is 2. The Hall–Kier alpha value is -1.64. The summed E-state index contributed by atoms with van der Waals surface area (Å²) < 4.78 is 5.66. The molecule has 3 nitrogen and oxygen atoms in total. The molecule has 21 heavy (non-hydrogen) atoms. The average Bonchev–Trinajstić information content (AvgIpc) is 2.43. The maximum atomic E-state index is 11.8. The molecule has 1 heterocycles. The zero-order valence-electron chi connectivity index (χ0n) is 12.9. The average molecular weight is 288 g/mol. The zero-order chi connectivity index (χ0) is 15.3. The van der Waals surface area contributed by atoms with Crippen molar-refractivity contribution in [3.63, 3.8) is 0 Å². The summed E-state index contributed by atoms with van der Waals surface area (Å²) in [5, 5.41) is 0. The van der Waals surface area contributed by atoms with Gasteiger partial charge in [-0.2, -0.15) is 0 Å². The summed E-state index contributed by atoms with van der Waals surface area (Å²) in [6, 6.07) is 10.1. The van der Waals surface area contributed by atoms with E-state index in [4.69, 9.17) is 4.74 Å². The first-order valence-corrected chi connectivity index (χ1v) is 7.77. The third-order valence-corrected chi connectivity index (χ3v) is 4.08. The van der Waals surface area contributed by atoms with Gasteiger partial charge in [0.1, 0.15) is 17.8 Å². The first kappa shape index (κ1) is 15.7. The number of aryl methyl sites for hydroxylation is 1. The Bertz CT molecular complexity index is 474. The van der Waals surface area contributed by atoms with Gasteiger partial charge < -0.3 is 4.74 Å². The Kier molecular flexibility index (Phi) is 5.16. The molecule has 0 N–H and O–H groups in total. The van der Waals surface area contributed by atoms with Crippen LogP contribution >= 0.6 is 0 Å². The molecule has 1 atom stereocenters. The highest BCUT2D eigenvalue weighted by Crippen LogP contribution is 2.34. The summed E-state index contributed by atoms with van der Waals surface area (Å²) in [4.78, 5) is 23.5. The molecule has 1 aliphatic heterocycles. The quantitative estimate of drug-likeness (QED) is 0.592. The van der Waals surface area contributed by atoms with Crippen LogP contribution in [0.2, 0.25) is 0 Å². The molecule has 1 fully saturated rings. The molecule has 3 heteroatoms. The van der Waals surface area contributed by atoms with E-state index in [2.05, 4.69) is 26.0 Å². The van der Waals surface area contributed by atoms with Crippen molar-refractivity contribution in [1.82, 2.24) is 0 Å². The summed E-state index contributed by atoms with van der Waals surface area (Å²) in [7, 11) is 0. The molecular formula is C18H24O3. The number of hydrogen-bond donors (Lipinski definition) is 0. The van der Waals surface area contributed by atoms with Gasteiger partial charge in [0.15, 0.2) is 0 Å². The van der Waals surface area contributed by atoms with Gasteiger partial charge >= 0.3 is 5.97 Å². The largest absolute Gasteiger partial charge is 0.458 e. The minimum atomic E-state index is -0.591. The molecule has 114 valence electrons. The van der Waals surface area contributed by atoms with E-state index in [0.29, 0.717) is 12.3 Å². The second-order valence-corrected chi connectivity index (χ2v) is 6.47. The molecule has 0 aliphatic carbocycles. The first-order valence-electron chi connectivity index (χ1n) is 7.77. The van der Waals surface area contributed by atoms with Crippen LogP contribution in [0.4, 0.5) is 0 Å². The van der Waals surface area contributed by atoms with Crippen molar-refractivity contribution in [3.05, 3.63) is 35.9 Å². The first-order chi connectivity index (χ1) is 9.99. The molecule has 1 aromatic rings. The maximum Gasteiger partial charge on any atom is 0.313 e. The minimum Gasteiger partial charge on any atom is -0.458 e. The van der Waals surface area contributed by atoms with Gasteiger partial charge in [-0.1, -0.05) is 44.2 Å². The van der Waals surface area contributed by atoms with Crippen LogP contribution in [0, 0.1) is 5.92 Å². The number of carbonyl (C=O) groups is 2. The van der Waals surface area contributed by atoms with Gasteiger partial charge in [0, 0.05) is 6.42 Å². The number of esters is 1. The second-order valence-electron chi connectivity index (χ2n) is 6.47. The summed E-state index contributed by atoms with van der Waals surface area (Å²) >= 11 is 0. The minimum absolute atomic E-state index is 0.0167. The lowest BCUT2D eigenvalue weighted by molar-refractivity contribution is -0.172. The van der Waals surface area contributed by atoms with Crippen LogP contribution in [-0.4, -0.2) is 17.4 Å². The highest BCUT2D eigenvalue weighted by atomic mass is 16.6. The van der Waals surface area contributed by atoms with Crippen molar-refractivity contribution in [1.29, 1.82) is 0 Å². The van der Waals surface area contributed by atoms with E-state index in [1.807, 2.05) is 18.2 Å². The highest BCUT2D eigenvalue weighted by Gasteiger charge is 2.40. The van der Waals surface area contributed by atoms with Crippen molar-refractivity contribution in [2.45, 2.75) is 58.0 Å². The number of ether oxygens (including phenoxy) is 1. The van der Waals surface area contributed by atoms with Crippen LogP contribution in [0.3, 0.4) is 0 Å². The molecule has 0 saturated carbocycles. The van der Waals surface area contributed by atoms with Crippen molar-refractivity contribution in [2.75, 3.05) is 0 Å².